The van der Waals surface area contributed by atoms with Crippen LogP contribution < -0.4 is 17.0 Å². The highest BCUT2D eigenvalue weighted by atomic mass is 35.5. The first kappa shape index (κ1) is 19.2. The first-order valence-electron chi connectivity index (χ1n) is 9.18. The number of aryl methyl sites for hydroxylation is 3. The molecule has 0 aliphatic heterocycles. The molecule has 2 aromatic heterocycles. The monoisotopic (exact) mass is 389 g/mol. The largest absolute Gasteiger partial charge is 0.383 e. The van der Waals surface area contributed by atoms with E-state index in [0.717, 1.165) is 12.8 Å². The maximum Gasteiger partial charge on any atom is 0.332 e. The van der Waals surface area contributed by atoms with Crippen LogP contribution in [0.5, 0.6) is 0 Å². The van der Waals surface area contributed by atoms with Crippen molar-refractivity contribution < 1.29 is 0 Å². The second-order valence-corrected chi connectivity index (χ2v) is 6.85. The SMILES string of the molecule is CCCn1c(=O)c2c(N)n(CCCl)nc2n(CCCc2ccccc2)c1=O. The molecule has 0 saturated heterocycles. The predicted octanol–water partition coefficient (Wildman–Crippen LogP) is 2.22. The van der Waals surface area contributed by atoms with Gasteiger partial charge in [-0.25, -0.2) is 9.48 Å². The first-order valence-corrected chi connectivity index (χ1v) is 9.71. The smallest absolute Gasteiger partial charge is 0.332 e. The third-order valence-corrected chi connectivity index (χ3v) is 4.75. The standard InChI is InChI=1S/C19H24ClN5O2/c1-2-11-24-18(26)15-16(21)25(13-10-20)22-17(15)23(19(24)27)12-6-9-14-7-4-3-5-8-14/h3-5,7-8H,2,6,9-13,21H2,1H3. The lowest BCUT2D eigenvalue weighted by Gasteiger charge is -2.11. The normalized spacial score (nSPS) is 11.3. The number of hydrogen-bond donors (Lipinski definition) is 1. The Kier molecular flexibility index (Phi) is 6.01. The molecule has 0 fully saturated rings. The number of rotatable bonds is 8. The number of nitrogens with zero attached hydrogens (tertiary/aromatic N) is 4. The maximum atomic E-state index is 12.9. The summed E-state index contributed by atoms with van der Waals surface area (Å²) in [5, 5.41) is 4.71. The van der Waals surface area contributed by atoms with Crippen molar-refractivity contribution in [3.05, 3.63) is 56.7 Å². The second kappa shape index (κ2) is 8.43. The summed E-state index contributed by atoms with van der Waals surface area (Å²) < 4.78 is 4.33. The van der Waals surface area contributed by atoms with Gasteiger partial charge in [0.05, 0.1) is 6.54 Å². The van der Waals surface area contributed by atoms with Gasteiger partial charge in [-0.3, -0.25) is 13.9 Å². The average Bonchev–Trinajstić information content (AvgIpc) is 2.99. The minimum Gasteiger partial charge on any atom is -0.383 e. The van der Waals surface area contributed by atoms with Crippen molar-refractivity contribution in [1.82, 2.24) is 18.9 Å². The van der Waals surface area contributed by atoms with E-state index in [9.17, 15) is 9.59 Å². The fourth-order valence-electron chi connectivity index (χ4n) is 3.27. The Bertz CT molecular complexity index is 1040. The molecule has 8 heteroatoms. The van der Waals surface area contributed by atoms with Crippen molar-refractivity contribution in [1.29, 1.82) is 0 Å². The van der Waals surface area contributed by atoms with Gasteiger partial charge in [0, 0.05) is 19.0 Å². The Labute approximate surface area is 162 Å². The number of nitrogens with two attached hydrogens (primary N) is 1. The van der Waals surface area contributed by atoms with Crippen LogP contribution in [-0.2, 0) is 26.1 Å². The van der Waals surface area contributed by atoms with Crippen molar-refractivity contribution in [2.24, 2.45) is 0 Å². The zero-order valence-corrected chi connectivity index (χ0v) is 16.2. The van der Waals surface area contributed by atoms with Crippen LogP contribution in [0.1, 0.15) is 25.3 Å². The van der Waals surface area contributed by atoms with E-state index in [2.05, 4.69) is 17.2 Å². The van der Waals surface area contributed by atoms with Gasteiger partial charge in [-0.1, -0.05) is 37.3 Å². The van der Waals surface area contributed by atoms with Gasteiger partial charge in [0.1, 0.15) is 11.2 Å². The van der Waals surface area contributed by atoms with Gasteiger partial charge in [0.15, 0.2) is 5.65 Å². The van der Waals surface area contributed by atoms with Crippen LogP contribution in [0, 0.1) is 0 Å². The Hall–Kier alpha value is -2.54. The summed E-state index contributed by atoms with van der Waals surface area (Å²) in [7, 11) is 0. The van der Waals surface area contributed by atoms with Gasteiger partial charge < -0.3 is 5.73 Å². The van der Waals surface area contributed by atoms with Crippen LogP contribution in [0.4, 0.5) is 5.82 Å². The minimum atomic E-state index is -0.380. The molecule has 144 valence electrons. The van der Waals surface area contributed by atoms with Crippen molar-refractivity contribution in [2.75, 3.05) is 11.6 Å². The summed E-state index contributed by atoms with van der Waals surface area (Å²) in [6, 6.07) is 10.1. The van der Waals surface area contributed by atoms with E-state index in [1.165, 1.54) is 14.8 Å². The highest BCUT2D eigenvalue weighted by molar-refractivity contribution is 6.17. The van der Waals surface area contributed by atoms with E-state index < -0.39 is 0 Å². The summed E-state index contributed by atoms with van der Waals surface area (Å²) in [5.41, 5.74) is 6.97. The van der Waals surface area contributed by atoms with Crippen LogP contribution in [0.2, 0.25) is 0 Å². The molecule has 0 aliphatic carbocycles. The summed E-state index contributed by atoms with van der Waals surface area (Å²) in [6.07, 6.45) is 2.27. The van der Waals surface area contributed by atoms with Gasteiger partial charge in [-0.05, 0) is 24.8 Å². The number of aromatic nitrogens is 4. The number of halogens is 1. The van der Waals surface area contributed by atoms with Gasteiger partial charge in [-0.2, -0.15) is 5.10 Å². The van der Waals surface area contributed by atoms with Gasteiger partial charge in [-0.15, -0.1) is 11.6 Å². The van der Waals surface area contributed by atoms with Crippen molar-refractivity contribution >= 4 is 28.5 Å². The number of fused-ring (bicyclic) bond motifs is 1. The third kappa shape index (κ3) is 3.78. The van der Waals surface area contributed by atoms with Gasteiger partial charge in [0.25, 0.3) is 5.56 Å². The summed E-state index contributed by atoms with van der Waals surface area (Å²) >= 11 is 5.81. The quantitative estimate of drug-likeness (QED) is 0.598. The molecule has 0 radical (unpaired) electrons. The van der Waals surface area contributed by atoms with E-state index in [4.69, 9.17) is 17.3 Å². The van der Waals surface area contributed by atoms with E-state index in [1.807, 2.05) is 25.1 Å². The van der Waals surface area contributed by atoms with E-state index in [-0.39, 0.29) is 17.1 Å². The molecule has 0 saturated carbocycles. The topological polar surface area (TPSA) is 87.8 Å². The molecule has 7 nitrogen and oxygen atoms in total. The number of alkyl halides is 1. The van der Waals surface area contributed by atoms with Crippen molar-refractivity contribution in [3.8, 4) is 0 Å². The molecule has 2 heterocycles. The van der Waals surface area contributed by atoms with Crippen LogP contribution in [-0.4, -0.2) is 24.8 Å². The Morgan fingerprint density at radius 1 is 1.07 bits per heavy atom. The lowest BCUT2D eigenvalue weighted by atomic mass is 10.1. The molecular formula is C19H24ClN5O2. The predicted molar refractivity (Wildman–Crippen MR) is 108 cm³/mol. The lowest BCUT2D eigenvalue weighted by molar-refractivity contribution is 0.543. The molecule has 27 heavy (non-hydrogen) atoms. The van der Waals surface area contributed by atoms with Crippen LogP contribution >= 0.6 is 11.6 Å². The Balaban J connectivity index is 2.05. The molecule has 0 unspecified atom stereocenters. The molecular weight excluding hydrogens is 366 g/mol. The average molecular weight is 390 g/mol. The minimum absolute atomic E-state index is 0.261. The first-order chi connectivity index (χ1) is 13.1. The molecule has 0 aliphatic rings. The molecule has 1 aromatic carbocycles. The lowest BCUT2D eigenvalue weighted by Crippen LogP contribution is -2.40. The molecule has 0 atom stereocenters. The fraction of sp³-hybridized carbons (Fsp3) is 0.421. The Morgan fingerprint density at radius 2 is 1.81 bits per heavy atom. The van der Waals surface area contributed by atoms with Gasteiger partial charge in [0.2, 0.25) is 0 Å². The zero-order valence-electron chi connectivity index (χ0n) is 15.4. The number of benzene rings is 1. The van der Waals surface area contributed by atoms with E-state index in [0.29, 0.717) is 43.0 Å². The van der Waals surface area contributed by atoms with Crippen molar-refractivity contribution in [3.63, 3.8) is 0 Å². The Morgan fingerprint density at radius 3 is 2.48 bits per heavy atom. The van der Waals surface area contributed by atoms with Crippen LogP contribution in [0.3, 0.4) is 0 Å². The van der Waals surface area contributed by atoms with Crippen molar-refractivity contribution in [2.45, 2.75) is 45.8 Å². The number of hydrogen-bond acceptors (Lipinski definition) is 4. The van der Waals surface area contributed by atoms with E-state index in [1.54, 1.807) is 4.57 Å². The summed E-state index contributed by atoms with van der Waals surface area (Å²) in [4.78, 5) is 25.7. The summed E-state index contributed by atoms with van der Waals surface area (Å²) in [5.74, 6) is 0.580. The van der Waals surface area contributed by atoms with Gasteiger partial charge >= 0.3 is 5.69 Å². The highest BCUT2D eigenvalue weighted by Crippen LogP contribution is 2.16. The molecule has 0 amide bonds. The molecule has 3 rings (SSSR count). The fourth-order valence-corrected chi connectivity index (χ4v) is 3.43. The maximum absolute atomic E-state index is 12.9. The number of anilines is 1. The second-order valence-electron chi connectivity index (χ2n) is 6.48. The molecule has 0 bridgehead atoms. The molecule has 2 N–H and O–H groups in total. The number of nitrogen functional groups attached to an aromatic ring is 1. The zero-order chi connectivity index (χ0) is 19.4. The molecule has 3 aromatic rings. The van der Waals surface area contributed by atoms with Crippen LogP contribution in [0.15, 0.2) is 39.9 Å². The van der Waals surface area contributed by atoms with E-state index >= 15 is 0 Å². The highest BCUT2D eigenvalue weighted by Gasteiger charge is 2.20. The molecule has 0 spiro atoms. The third-order valence-electron chi connectivity index (χ3n) is 4.58. The summed E-state index contributed by atoms with van der Waals surface area (Å²) in [6.45, 7) is 3.13. The van der Waals surface area contributed by atoms with Crippen LogP contribution in [0.25, 0.3) is 11.0 Å².